The second-order valence-electron chi connectivity index (χ2n) is 4.58. The fraction of sp³-hybridized carbons (Fsp3) is 0.692. The quantitative estimate of drug-likeness (QED) is 0.717. The standard InChI is InChI=1S/C13H24N4O/c1-5-7-14-12-11(2)13(16-10-15-12)18-9-6-8-17(3)4/h10H,5-9H2,1-4H3,(H,14,15,16). The molecule has 1 aromatic heterocycles. The van der Waals surface area contributed by atoms with Gasteiger partial charge in [-0.1, -0.05) is 6.92 Å². The molecule has 0 atom stereocenters. The number of hydrogen-bond donors (Lipinski definition) is 1. The zero-order valence-electron chi connectivity index (χ0n) is 11.9. The third-order valence-corrected chi connectivity index (χ3v) is 2.57. The van der Waals surface area contributed by atoms with Crippen LogP contribution in [0.15, 0.2) is 6.33 Å². The van der Waals surface area contributed by atoms with Gasteiger partial charge in [0.05, 0.1) is 12.2 Å². The van der Waals surface area contributed by atoms with Gasteiger partial charge in [0.25, 0.3) is 0 Å². The molecule has 0 aliphatic heterocycles. The highest BCUT2D eigenvalue weighted by Crippen LogP contribution is 2.20. The second-order valence-corrected chi connectivity index (χ2v) is 4.58. The second kappa shape index (κ2) is 7.87. The minimum atomic E-state index is 0.683. The summed E-state index contributed by atoms with van der Waals surface area (Å²) in [4.78, 5) is 10.5. The van der Waals surface area contributed by atoms with Crippen LogP contribution in [0, 0.1) is 6.92 Å². The van der Waals surface area contributed by atoms with Crippen LogP contribution in [0.5, 0.6) is 5.88 Å². The van der Waals surface area contributed by atoms with E-state index in [1.807, 2.05) is 6.92 Å². The number of hydrogen-bond acceptors (Lipinski definition) is 5. The molecule has 1 aromatic rings. The Hall–Kier alpha value is -1.36. The van der Waals surface area contributed by atoms with Crippen molar-refractivity contribution in [3.8, 4) is 5.88 Å². The number of aromatic nitrogens is 2. The van der Waals surface area contributed by atoms with Crippen molar-refractivity contribution in [2.75, 3.05) is 39.1 Å². The molecule has 5 nitrogen and oxygen atoms in total. The minimum absolute atomic E-state index is 0.683. The van der Waals surface area contributed by atoms with E-state index in [4.69, 9.17) is 4.74 Å². The predicted molar refractivity (Wildman–Crippen MR) is 74.2 cm³/mol. The van der Waals surface area contributed by atoms with E-state index in [1.54, 1.807) is 6.33 Å². The average Bonchev–Trinajstić information content (AvgIpc) is 2.34. The average molecular weight is 252 g/mol. The van der Waals surface area contributed by atoms with Crippen molar-refractivity contribution in [2.24, 2.45) is 0 Å². The monoisotopic (exact) mass is 252 g/mol. The zero-order valence-corrected chi connectivity index (χ0v) is 11.9. The van der Waals surface area contributed by atoms with Crippen LogP contribution in [0.4, 0.5) is 5.82 Å². The van der Waals surface area contributed by atoms with Crippen molar-refractivity contribution in [1.82, 2.24) is 14.9 Å². The number of nitrogens with zero attached hydrogens (tertiary/aromatic N) is 3. The van der Waals surface area contributed by atoms with Gasteiger partial charge in [0.15, 0.2) is 0 Å². The van der Waals surface area contributed by atoms with Crippen molar-refractivity contribution in [1.29, 1.82) is 0 Å². The maximum absolute atomic E-state index is 5.69. The van der Waals surface area contributed by atoms with Crippen LogP contribution in [0.1, 0.15) is 25.3 Å². The summed E-state index contributed by atoms with van der Waals surface area (Å²) < 4.78 is 5.69. The van der Waals surface area contributed by atoms with Crippen molar-refractivity contribution in [3.05, 3.63) is 11.9 Å². The lowest BCUT2D eigenvalue weighted by molar-refractivity contribution is 0.271. The summed E-state index contributed by atoms with van der Waals surface area (Å²) in [6, 6.07) is 0. The molecule has 1 N–H and O–H groups in total. The number of ether oxygens (including phenoxy) is 1. The molecule has 0 spiro atoms. The molecule has 102 valence electrons. The van der Waals surface area contributed by atoms with Crippen LogP contribution in [-0.2, 0) is 0 Å². The first-order valence-electron chi connectivity index (χ1n) is 6.48. The van der Waals surface area contributed by atoms with E-state index < -0.39 is 0 Å². The van der Waals surface area contributed by atoms with E-state index in [0.29, 0.717) is 12.5 Å². The van der Waals surface area contributed by atoms with Crippen LogP contribution in [0.25, 0.3) is 0 Å². The van der Waals surface area contributed by atoms with Gasteiger partial charge in [-0.3, -0.25) is 0 Å². The summed E-state index contributed by atoms with van der Waals surface area (Å²) >= 11 is 0. The lowest BCUT2D eigenvalue weighted by Gasteiger charge is -2.13. The first-order valence-corrected chi connectivity index (χ1v) is 6.48. The fourth-order valence-electron chi connectivity index (χ4n) is 1.55. The number of rotatable bonds is 8. The molecule has 0 amide bonds. The Bertz CT molecular complexity index is 355. The third-order valence-electron chi connectivity index (χ3n) is 2.57. The fourth-order valence-corrected chi connectivity index (χ4v) is 1.55. The highest BCUT2D eigenvalue weighted by atomic mass is 16.5. The van der Waals surface area contributed by atoms with Gasteiger partial charge in [0.1, 0.15) is 12.1 Å². The topological polar surface area (TPSA) is 50.3 Å². The Kier molecular flexibility index (Phi) is 6.43. The van der Waals surface area contributed by atoms with Crippen LogP contribution < -0.4 is 10.1 Å². The maximum Gasteiger partial charge on any atom is 0.221 e. The van der Waals surface area contributed by atoms with Gasteiger partial charge in [0, 0.05) is 13.1 Å². The first kappa shape index (κ1) is 14.7. The summed E-state index contributed by atoms with van der Waals surface area (Å²) in [5.41, 5.74) is 0.982. The van der Waals surface area contributed by atoms with Gasteiger partial charge in [-0.05, 0) is 33.9 Å². The zero-order chi connectivity index (χ0) is 13.4. The Balaban J connectivity index is 2.49. The Morgan fingerprint density at radius 1 is 1.33 bits per heavy atom. The van der Waals surface area contributed by atoms with Crippen molar-refractivity contribution in [3.63, 3.8) is 0 Å². The number of nitrogens with one attached hydrogen (secondary N) is 1. The van der Waals surface area contributed by atoms with E-state index in [1.165, 1.54) is 0 Å². The predicted octanol–water partition coefficient (Wildman–Crippen LogP) is 1.94. The summed E-state index contributed by atoms with van der Waals surface area (Å²) in [6.07, 6.45) is 3.61. The summed E-state index contributed by atoms with van der Waals surface area (Å²) in [7, 11) is 4.12. The molecule has 0 aliphatic carbocycles. The summed E-state index contributed by atoms with van der Waals surface area (Å²) in [5, 5.41) is 3.27. The molecular weight excluding hydrogens is 228 g/mol. The van der Waals surface area contributed by atoms with Crippen LogP contribution in [0.2, 0.25) is 0 Å². The molecule has 0 aliphatic rings. The molecular formula is C13H24N4O. The highest BCUT2D eigenvalue weighted by Gasteiger charge is 2.07. The smallest absolute Gasteiger partial charge is 0.221 e. The summed E-state index contributed by atoms with van der Waals surface area (Å²) in [5.74, 6) is 1.55. The highest BCUT2D eigenvalue weighted by molar-refractivity contribution is 5.47. The number of anilines is 1. The van der Waals surface area contributed by atoms with Crippen molar-refractivity contribution >= 4 is 5.82 Å². The normalized spacial score (nSPS) is 10.7. The van der Waals surface area contributed by atoms with Gasteiger partial charge in [0.2, 0.25) is 5.88 Å². The lowest BCUT2D eigenvalue weighted by atomic mass is 10.3. The van der Waals surface area contributed by atoms with Gasteiger partial charge >= 0.3 is 0 Å². The molecule has 5 heteroatoms. The molecule has 0 aromatic carbocycles. The molecule has 0 saturated carbocycles. The van der Waals surface area contributed by atoms with E-state index >= 15 is 0 Å². The molecule has 0 unspecified atom stereocenters. The Morgan fingerprint density at radius 2 is 2.11 bits per heavy atom. The largest absolute Gasteiger partial charge is 0.477 e. The molecule has 0 bridgehead atoms. The molecule has 0 fully saturated rings. The van der Waals surface area contributed by atoms with Gasteiger partial charge < -0.3 is 15.0 Å². The van der Waals surface area contributed by atoms with Crippen molar-refractivity contribution in [2.45, 2.75) is 26.7 Å². The van der Waals surface area contributed by atoms with E-state index in [9.17, 15) is 0 Å². The molecule has 0 saturated heterocycles. The van der Waals surface area contributed by atoms with Gasteiger partial charge in [-0.15, -0.1) is 0 Å². The van der Waals surface area contributed by atoms with E-state index in [0.717, 1.165) is 37.3 Å². The Morgan fingerprint density at radius 3 is 2.78 bits per heavy atom. The van der Waals surface area contributed by atoms with Gasteiger partial charge in [-0.2, -0.15) is 0 Å². The van der Waals surface area contributed by atoms with E-state index in [2.05, 4.69) is 41.2 Å². The third kappa shape index (κ3) is 4.87. The van der Waals surface area contributed by atoms with Gasteiger partial charge in [-0.25, -0.2) is 9.97 Å². The Labute approximate surface area is 110 Å². The molecule has 0 radical (unpaired) electrons. The van der Waals surface area contributed by atoms with Crippen LogP contribution in [-0.4, -0.2) is 48.7 Å². The van der Waals surface area contributed by atoms with Crippen LogP contribution >= 0.6 is 0 Å². The van der Waals surface area contributed by atoms with Crippen molar-refractivity contribution < 1.29 is 4.74 Å². The minimum Gasteiger partial charge on any atom is -0.477 e. The maximum atomic E-state index is 5.69. The molecule has 1 rings (SSSR count). The summed E-state index contributed by atoms with van der Waals surface area (Å²) in [6.45, 7) is 6.73. The van der Waals surface area contributed by atoms with E-state index in [-0.39, 0.29) is 0 Å². The molecule has 1 heterocycles. The lowest BCUT2D eigenvalue weighted by Crippen LogP contribution is -2.16. The first-order chi connectivity index (χ1) is 8.65. The van der Waals surface area contributed by atoms with Crippen LogP contribution in [0.3, 0.4) is 0 Å². The molecule has 18 heavy (non-hydrogen) atoms. The SMILES string of the molecule is CCCNc1ncnc(OCCCN(C)C)c1C.